The zero-order valence-corrected chi connectivity index (χ0v) is 7.94. The number of methoxy groups -OCH3 is 1. The predicted molar refractivity (Wildman–Crippen MR) is 48.7 cm³/mol. The summed E-state index contributed by atoms with van der Waals surface area (Å²) in [6, 6.07) is 0. The standard InChI is InChI=1S/C7H14N2OS/c1-5(2)6-8-4-9-7(10-3)11-6/h5-6,8H,4H2,1-3H3. The second-order valence-electron chi connectivity index (χ2n) is 2.77. The van der Waals surface area contributed by atoms with E-state index in [-0.39, 0.29) is 0 Å². The van der Waals surface area contributed by atoms with Gasteiger partial charge >= 0.3 is 0 Å². The molecule has 0 aromatic heterocycles. The Morgan fingerprint density at radius 1 is 1.73 bits per heavy atom. The van der Waals surface area contributed by atoms with Gasteiger partial charge in [0.1, 0.15) is 0 Å². The van der Waals surface area contributed by atoms with Crippen LogP contribution in [-0.2, 0) is 4.74 Å². The number of nitrogens with one attached hydrogen (secondary N) is 1. The third kappa shape index (κ3) is 2.38. The molecule has 0 bridgehead atoms. The number of hydrogen-bond donors (Lipinski definition) is 1. The maximum absolute atomic E-state index is 5.04. The largest absolute Gasteiger partial charge is 0.476 e. The second-order valence-corrected chi connectivity index (χ2v) is 3.87. The highest BCUT2D eigenvalue weighted by Gasteiger charge is 2.19. The molecule has 0 aromatic carbocycles. The molecule has 4 heteroatoms. The van der Waals surface area contributed by atoms with Crippen molar-refractivity contribution in [1.82, 2.24) is 5.32 Å². The minimum Gasteiger partial charge on any atom is -0.476 e. The summed E-state index contributed by atoms with van der Waals surface area (Å²) in [4.78, 5) is 4.13. The van der Waals surface area contributed by atoms with Crippen LogP contribution in [0.1, 0.15) is 13.8 Å². The van der Waals surface area contributed by atoms with Crippen LogP contribution in [0.2, 0.25) is 0 Å². The fraction of sp³-hybridized carbons (Fsp3) is 0.857. The smallest absolute Gasteiger partial charge is 0.248 e. The van der Waals surface area contributed by atoms with E-state index in [1.165, 1.54) is 0 Å². The molecular weight excluding hydrogens is 160 g/mol. The molecule has 0 amide bonds. The molecule has 1 unspecified atom stereocenters. The first-order chi connectivity index (χ1) is 5.24. The number of thioether (sulfide) groups is 1. The fourth-order valence-electron chi connectivity index (χ4n) is 0.872. The van der Waals surface area contributed by atoms with E-state index in [9.17, 15) is 0 Å². The summed E-state index contributed by atoms with van der Waals surface area (Å²) in [6.07, 6.45) is 0. The van der Waals surface area contributed by atoms with Crippen molar-refractivity contribution < 1.29 is 4.74 Å². The van der Waals surface area contributed by atoms with Crippen LogP contribution < -0.4 is 5.32 Å². The Balaban J connectivity index is 2.46. The van der Waals surface area contributed by atoms with E-state index in [0.29, 0.717) is 18.0 Å². The third-order valence-electron chi connectivity index (χ3n) is 1.51. The van der Waals surface area contributed by atoms with Crippen molar-refractivity contribution in [2.45, 2.75) is 19.2 Å². The Hall–Kier alpha value is -0.220. The molecule has 11 heavy (non-hydrogen) atoms. The van der Waals surface area contributed by atoms with Crippen LogP contribution in [0, 0.1) is 5.92 Å². The van der Waals surface area contributed by atoms with Crippen LogP contribution in [0.15, 0.2) is 4.99 Å². The van der Waals surface area contributed by atoms with Gasteiger partial charge in [-0.1, -0.05) is 13.8 Å². The van der Waals surface area contributed by atoms with Crippen molar-refractivity contribution in [3.63, 3.8) is 0 Å². The average Bonchev–Trinajstić information content (AvgIpc) is 2.05. The molecule has 3 nitrogen and oxygen atoms in total. The minimum absolute atomic E-state index is 0.447. The second kappa shape index (κ2) is 3.97. The first-order valence-corrected chi connectivity index (χ1v) is 4.60. The Labute approximate surface area is 71.6 Å². The van der Waals surface area contributed by atoms with Gasteiger partial charge in [0.2, 0.25) is 5.23 Å². The summed E-state index contributed by atoms with van der Waals surface area (Å²) in [5.74, 6) is 0.612. The van der Waals surface area contributed by atoms with Crippen molar-refractivity contribution in [3.05, 3.63) is 0 Å². The quantitative estimate of drug-likeness (QED) is 0.650. The molecule has 1 N–H and O–H groups in total. The summed E-state index contributed by atoms with van der Waals surface area (Å²) >= 11 is 1.66. The number of ether oxygens (including phenoxy) is 1. The molecule has 0 aliphatic carbocycles. The molecule has 0 aromatic rings. The van der Waals surface area contributed by atoms with Gasteiger partial charge in [0.15, 0.2) is 0 Å². The summed E-state index contributed by atoms with van der Waals surface area (Å²) in [5, 5.41) is 4.52. The highest BCUT2D eigenvalue weighted by atomic mass is 32.2. The van der Waals surface area contributed by atoms with E-state index in [4.69, 9.17) is 4.74 Å². The van der Waals surface area contributed by atoms with E-state index in [1.54, 1.807) is 18.9 Å². The highest BCUT2D eigenvalue weighted by molar-refractivity contribution is 8.14. The lowest BCUT2D eigenvalue weighted by Crippen LogP contribution is -2.35. The molecule has 1 atom stereocenters. The Bertz CT molecular complexity index is 159. The first-order valence-electron chi connectivity index (χ1n) is 3.72. The maximum atomic E-state index is 5.04. The number of aliphatic imine (C=N–C) groups is 1. The van der Waals surface area contributed by atoms with Crippen LogP contribution in [0.25, 0.3) is 0 Å². The minimum atomic E-state index is 0.447. The molecule has 0 spiro atoms. The number of nitrogens with zero attached hydrogens (tertiary/aromatic N) is 1. The van der Waals surface area contributed by atoms with Gasteiger partial charge in [-0.05, 0) is 17.7 Å². The molecule has 64 valence electrons. The lowest BCUT2D eigenvalue weighted by atomic mass is 10.2. The van der Waals surface area contributed by atoms with Crippen molar-refractivity contribution in [1.29, 1.82) is 0 Å². The Morgan fingerprint density at radius 3 is 3.00 bits per heavy atom. The highest BCUT2D eigenvalue weighted by Crippen LogP contribution is 2.21. The van der Waals surface area contributed by atoms with E-state index < -0.39 is 0 Å². The number of rotatable bonds is 1. The molecule has 1 rings (SSSR count). The Kier molecular flexibility index (Phi) is 3.20. The van der Waals surface area contributed by atoms with Gasteiger partial charge in [-0.3, -0.25) is 5.32 Å². The zero-order chi connectivity index (χ0) is 8.27. The van der Waals surface area contributed by atoms with Gasteiger partial charge in [0.05, 0.1) is 19.2 Å². The lowest BCUT2D eigenvalue weighted by Gasteiger charge is -2.24. The summed E-state index contributed by atoms with van der Waals surface area (Å²) < 4.78 is 5.04. The summed E-state index contributed by atoms with van der Waals surface area (Å²) in [5.41, 5.74) is 0. The molecule has 0 radical (unpaired) electrons. The van der Waals surface area contributed by atoms with Crippen LogP contribution in [0.5, 0.6) is 0 Å². The SMILES string of the molecule is COC1=NCNC(C(C)C)S1. The van der Waals surface area contributed by atoms with Gasteiger partial charge in [-0.25, -0.2) is 4.99 Å². The summed E-state index contributed by atoms with van der Waals surface area (Å²) in [6.45, 7) is 5.05. The molecule has 0 fully saturated rings. The van der Waals surface area contributed by atoms with Crippen molar-refractivity contribution in [2.24, 2.45) is 10.9 Å². The maximum Gasteiger partial charge on any atom is 0.248 e. The lowest BCUT2D eigenvalue weighted by molar-refractivity contribution is 0.405. The normalized spacial score (nSPS) is 25.1. The topological polar surface area (TPSA) is 33.6 Å². The van der Waals surface area contributed by atoms with Crippen molar-refractivity contribution >= 4 is 17.0 Å². The molecule has 1 aliphatic heterocycles. The van der Waals surface area contributed by atoms with Crippen LogP contribution >= 0.6 is 11.8 Å². The van der Waals surface area contributed by atoms with E-state index >= 15 is 0 Å². The monoisotopic (exact) mass is 174 g/mol. The van der Waals surface area contributed by atoms with E-state index in [0.717, 1.165) is 5.23 Å². The van der Waals surface area contributed by atoms with Gasteiger partial charge in [0.25, 0.3) is 0 Å². The van der Waals surface area contributed by atoms with Gasteiger partial charge in [-0.2, -0.15) is 0 Å². The molecule has 1 heterocycles. The summed E-state index contributed by atoms with van der Waals surface area (Å²) in [7, 11) is 1.66. The fourth-order valence-corrected chi connectivity index (χ4v) is 1.75. The molecule has 0 saturated carbocycles. The predicted octanol–water partition coefficient (Wildman–Crippen LogP) is 1.26. The molecule has 1 aliphatic rings. The first kappa shape index (κ1) is 8.87. The van der Waals surface area contributed by atoms with E-state index in [1.807, 2.05) is 0 Å². The van der Waals surface area contributed by atoms with Gasteiger partial charge < -0.3 is 4.74 Å². The van der Waals surface area contributed by atoms with Gasteiger partial charge in [0, 0.05) is 0 Å². The van der Waals surface area contributed by atoms with Crippen molar-refractivity contribution in [3.8, 4) is 0 Å². The molecular formula is C7H14N2OS. The van der Waals surface area contributed by atoms with Crippen LogP contribution in [0.4, 0.5) is 0 Å². The van der Waals surface area contributed by atoms with Crippen LogP contribution in [0.3, 0.4) is 0 Å². The van der Waals surface area contributed by atoms with Gasteiger partial charge in [-0.15, -0.1) is 0 Å². The van der Waals surface area contributed by atoms with Crippen molar-refractivity contribution in [2.75, 3.05) is 13.8 Å². The van der Waals surface area contributed by atoms with E-state index in [2.05, 4.69) is 24.2 Å². The number of hydrogen-bond acceptors (Lipinski definition) is 4. The average molecular weight is 174 g/mol. The third-order valence-corrected chi connectivity index (χ3v) is 2.97. The Morgan fingerprint density at radius 2 is 2.45 bits per heavy atom. The molecule has 0 saturated heterocycles. The zero-order valence-electron chi connectivity index (χ0n) is 7.13. The van der Waals surface area contributed by atoms with Crippen LogP contribution in [-0.4, -0.2) is 24.4 Å².